The molecule has 0 amide bonds. The van der Waals surface area contributed by atoms with E-state index in [0.29, 0.717) is 10.1 Å². The van der Waals surface area contributed by atoms with Gasteiger partial charge in [-0.3, -0.25) is 10.1 Å². The van der Waals surface area contributed by atoms with Gasteiger partial charge in [0.1, 0.15) is 5.39 Å². The van der Waals surface area contributed by atoms with Crippen molar-refractivity contribution in [1.82, 2.24) is 0 Å². The van der Waals surface area contributed by atoms with Gasteiger partial charge in [0.05, 0.1) is 4.92 Å². The van der Waals surface area contributed by atoms with Crippen LogP contribution in [0.15, 0.2) is 24.3 Å². The van der Waals surface area contributed by atoms with Crippen LogP contribution in [0, 0.1) is 15.3 Å². The Kier molecular flexibility index (Phi) is 1.25. The number of benzene rings is 1. The van der Waals surface area contributed by atoms with Gasteiger partial charge in [0.2, 0.25) is 5.52 Å². The van der Waals surface area contributed by atoms with Gasteiger partial charge in [0, 0.05) is 6.07 Å². The average Bonchev–Trinajstić information content (AvgIpc) is 2.98. The van der Waals surface area contributed by atoms with E-state index >= 15 is 0 Å². The number of hydrogen-bond acceptors (Lipinski definition) is 4. The van der Waals surface area contributed by atoms with Gasteiger partial charge < -0.3 is 9.94 Å². The minimum Gasteiger partial charge on any atom is -0.615 e. The molecule has 1 aromatic heterocycles. The van der Waals surface area contributed by atoms with Crippen molar-refractivity contribution < 1.29 is 14.4 Å². The van der Waals surface area contributed by atoms with E-state index in [1.54, 1.807) is 12.1 Å². The Hall–Kier alpha value is -2.37. The first kappa shape index (κ1) is 7.98. The number of ether oxygens (including phenoxy) is 1. The summed E-state index contributed by atoms with van der Waals surface area (Å²) >= 11 is 0. The number of para-hydroxylation sites is 1. The minimum absolute atomic E-state index is 0.0281. The van der Waals surface area contributed by atoms with Gasteiger partial charge in [0.25, 0.3) is 0 Å². The third-order valence-corrected chi connectivity index (χ3v) is 2.31. The molecule has 2 heterocycles. The molecule has 0 fully saturated rings. The fourth-order valence-corrected chi connectivity index (χ4v) is 1.62. The molecule has 1 aliphatic heterocycles. The lowest BCUT2D eigenvalue weighted by atomic mass is 10.2. The first-order chi connectivity index (χ1) is 7.20. The average molecular weight is 204 g/mol. The Labute approximate surface area is 83.1 Å². The minimum atomic E-state index is -0.534. The van der Waals surface area contributed by atoms with Crippen molar-refractivity contribution >= 4 is 16.6 Å². The molecule has 0 aliphatic carbocycles. The number of nitrogens with zero attached hydrogens (tertiary/aromatic N) is 2. The van der Waals surface area contributed by atoms with Crippen molar-refractivity contribution in [3.05, 3.63) is 39.6 Å². The molecule has 3 rings (SSSR count). The predicted molar refractivity (Wildman–Crippen MR) is 49.6 cm³/mol. The number of rotatable bonds is 1. The Morgan fingerprint density at radius 1 is 1.33 bits per heavy atom. The zero-order chi connectivity index (χ0) is 10.6. The number of hydrogen-bond donors (Lipinski definition) is 0. The summed E-state index contributed by atoms with van der Waals surface area (Å²) in [6.07, 6.45) is 0. The molecule has 0 saturated carbocycles. The lowest BCUT2D eigenvalue weighted by Crippen LogP contribution is -2.24. The molecule has 2 aromatic rings. The van der Waals surface area contributed by atoms with E-state index in [4.69, 9.17) is 4.74 Å². The molecule has 15 heavy (non-hydrogen) atoms. The zero-order valence-corrected chi connectivity index (χ0v) is 7.34. The van der Waals surface area contributed by atoms with E-state index in [9.17, 15) is 15.3 Å². The molecular weight excluding hydrogens is 200 g/mol. The molecule has 1 aliphatic rings. The summed E-state index contributed by atoms with van der Waals surface area (Å²) in [6.45, 7) is 0. The quantitative estimate of drug-likeness (QED) is 0.197. The number of fused-ring (bicyclic) bond motifs is 2. The van der Waals surface area contributed by atoms with E-state index < -0.39 is 4.92 Å². The second kappa shape index (κ2) is 2.35. The molecule has 6 nitrogen and oxygen atoms in total. The Balaban J connectivity index is 2.52. The van der Waals surface area contributed by atoms with Crippen molar-refractivity contribution in [2.75, 3.05) is 0 Å². The van der Waals surface area contributed by atoms with Crippen LogP contribution >= 0.6 is 0 Å². The summed E-state index contributed by atoms with van der Waals surface area (Å²) in [7, 11) is 0. The summed E-state index contributed by atoms with van der Waals surface area (Å²) in [5, 5.41) is 22.6. The van der Waals surface area contributed by atoms with E-state index in [2.05, 4.69) is 0 Å². The lowest BCUT2D eigenvalue weighted by Gasteiger charge is -1.96. The monoisotopic (exact) mass is 204 g/mol. The van der Waals surface area contributed by atoms with Crippen molar-refractivity contribution in [2.24, 2.45) is 0 Å². The maximum absolute atomic E-state index is 11.5. The topological polar surface area (TPSA) is 82.6 Å². The molecule has 0 bridgehead atoms. The van der Waals surface area contributed by atoms with Crippen molar-refractivity contribution in [2.45, 2.75) is 0 Å². The summed E-state index contributed by atoms with van der Waals surface area (Å²) < 4.78 is 5.38. The Morgan fingerprint density at radius 2 is 2.07 bits per heavy atom. The normalized spacial score (nSPS) is 12.0. The van der Waals surface area contributed by atoms with Crippen LogP contribution in [0.1, 0.15) is 0 Å². The van der Waals surface area contributed by atoms with E-state index in [-0.39, 0.29) is 22.8 Å². The number of pyridine rings is 1. The third-order valence-electron chi connectivity index (χ3n) is 2.31. The molecule has 1 aromatic carbocycles. The second-order valence-electron chi connectivity index (χ2n) is 3.15. The van der Waals surface area contributed by atoms with Crippen LogP contribution in [-0.4, -0.2) is 4.92 Å². The molecule has 0 saturated heterocycles. The highest BCUT2D eigenvalue weighted by atomic mass is 16.6. The third kappa shape index (κ3) is 0.899. The first-order valence-electron chi connectivity index (χ1n) is 4.20. The van der Waals surface area contributed by atoms with Crippen molar-refractivity contribution in [1.29, 1.82) is 0 Å². The second-order valence-corrected chi connectivity index (χ2v) is 3.15. The van der Waals surface area contributed by atoms with Crippen LogP contribution in [0.5, 0.6) is 11.6 Å². The van der Waals surface area contributed by atoms with Crippen molar-refractivity contribution in [3.63, 3.8) is 0 Å². The predicted octanol–water partition coefficient (Wildman–Crippen LogP) is 1.49. The van der Waals surface area contributed by atoms with Gasteiger partial charge in [-0.25, -0.2) is 0 Å². The smallest absolute Gasteiger partial charge is 0.438 e. The van der Waals surface area contributed by atoms with Gasteiger partial charge in [-0.1, -0.05) is 12.1 Å². The van der Waals surface area contributed by atoms with Crippen LogP contribution in [0.3, 0.4) is 0 Å². The highest BCUT2D eigenvalue weighted by molar-refractivity contribution is 5.91. The largest absolute Gasteiger partial charge is 0.615 e. The molecule has 6 heteroatoms. The standard InChI is InChI=1S/C9H4N2O4/c12-10-6-4-2-1-3-5(6)7(11(13)14)8-9(10)15-8/h1-4H. The SMILES string of the molecule is O=[N+]([O-])c1c2c([n+]([O-])c3ccccc13)O2. The summed E-state index contributed by atoms with van der Waals surface area (Å²) in [5.74, 6) is 0.106. The molecule has 0 atom stereocenters. The molecule has 0 radical (unpaired) electrons. The van der Waals surface area contributed by atoms with E-state index in [1.165, 1.54) is 12.1 Å². The fourth-order valence-electron chi connectivity index (χ4n) is 1.62. The van der Waals surface area contributed by atoms with Crippen LogP contribution in [-0.2, 0) is 0 Å². The maximum atomic E-state index is 11.5. The van der Waals surface area contributed by atoms with E-state index in [0.717, 1.165) is 0 Å². The molecule has 0 spiro atoms. The van der Waals surface area contributed by atoms with Crippen LogP contribution in [0.2, 0.25) is 0 Å². The van der Waals surface area contributed by atoms with Gasteiger partial charge in [-0.05, 0) is 6.07 Å². The summed E-state index contributed by atoms with van der Waals surface area (Å²) in [6, 6.07) is 6.35. The van der Waals surface area contributed by atoms with Crippen molar-refractivity contribution in [3.8, 4) is 11.6 Å². The first-order valence-corrected chi connectivity index (χ1v) is 4.20. The summed E-state index contributed by atoms with van der Waals surface area (Å²) in [4.78, 5) is 10.3. The lowest BCUT2D eigenvalue weighted by molar-refractivity contribution is -0.573. The molecule has 74 valence electrons. The van der Waals surface area contributed by atoms with Crippen LogP contribution in [0.25, 0.3) is 10.9 Å². The van der Waals surface area contributed by atoms with Crippen LogP contribution in [0.4, 0.5) is 5.69 Å². The number of aromatic nitrogens is 1. The molecule has 0 unspecified atom stereocenters. The molecular formula is C9H4N2O4. The van der Waals surface area contributed by atoms with Gasteiger partial charge >= 0.3 is 17.3 Å². The highest BCUT2D eigenvalue weighted by Crippen LogP contribution is 2.51. The highest BCUT2D eigenvalue weighted by Gasteiger charge is 2.45. The Bertz CT molecular complexity index is 609. The molecule has 0 N–H and O–H groups in total. The van der Waals surface area contributed by atoms with E-state index in [1.807, 2.05) is 0 Å². The van der Waals surface area contributed by atoms with Gasteiger partial charge in [0.15, 0.2) is 0 Å². The van der Waals surface area contributed by atoms with Crippen LogP contribution < -0.4 is 9.47 Å². The van der Waals surface area contributed by atoms with Gasteiger partial charge in [-0.2, -0.15) is 0 Å². The zero-order valence-electron chi connectivity index (χ0n) is 7.34. The van der Waals surface area contributed by atoms with Gasteiger partial charge in [-0.15, -0.1) is 4.73 Å². The fraction of sp³-hybridized carbons (Fsp3) is 0. The number of nitro groups is 1. The Morgan fingerprint density at radius 3 is 2.80 bits per heavy atom. The summed E-state index contributed by atoms with van der Waals surface area (Å²) in [5.41, 5.74) is 0.119. The maximum Gasteiger partial charge on any atom is 0.438 e.